The number of carbonyl (C=O) groups is 2. The van der Waals surface area contributed by atoms with Crippen LogP contribution in [0.1, 0.15) is 32.8 Å². The summed E-state index contributed by atoms with van der Waals surface area (Å²) in [6.45, 7) is 5.40. The van der Waals surface area contributed by atoms with E-state index in [0.29, 0.717) is 6.42 Å². The predicted molar refractivity (Wildman–Crippen MR) is 85.2 cm³/mol. The van der Waals surface area contributed by atoms with E-state index in [4.69, 9.17) is 4.74 Å². The Morgan fingerprint density at radius 2 is 2.13 bits per heavy atom. The number of anilines is 1. The second-order valence-electron chi connectivity index (χ2n) is 7.23. The number of aliphatic hydroxyl groups is 1. The van der Waals surface area contributed by atoms with Gasteiger partial charge in [0.15, 0.2) is 0 Å². The summed E-state index contributed by atoms with van der Waals surface area (Å²) in [5, 5.41) is 12.6. The van der Waals surface area contributed by atoms with Crippen LogP contribution in [-0.2, 0) is 14.9 Å². The van der Waals surface area contributed by atoms with Crippen LogP contribution in [0.4, 0.5) is 10.5 Å². The molecular weight excluding hydrogens is 296 g/mol. The van der Waals surface area contributed by atoms with E-state index < -0.39 is 23.2 Å². The van der Waals surface area contributed by atoms with Crippen molar-refractivity contribution in [2.75, 3.05) is 18.5 Å². The first-order valence-corrected chi connectivity index (χ1v) is 7.78. The second-order valence-corrected chi connectivity index (χ2v) is 7.23. The van der Waals surface area contributed by atoms with Crippen molar-refractivity contribution < 1.29 is 19.4 Å². The Kier molecular flexibility index (Phi) is 3.59. The van der Waals surface area contributed by atoms with Crippen molar-refractivity contribution >= 4 is 17.7 Å². The molecule has 1 aromatic carbocycles. The molecule has 0 unspecified atom stereocenters. The van der Waals surface area contributed by atoms with Crippen LogP contribution in [0.5, 0.6) is 0 Å². The molecule has 1 saturated heterocycles. The van der Waals surface area contributed by atoms with Crippen LogP contribution in [0.3, 0.4) is 0 Å². The highest BCUT2D eigenvalue weighted by Gasteiger charge is 2.56. The largest absolute Gasteiger partial charge is 0.444 e. The lowest BCUT2D eigenvalue weighted by atomic mass is 9.79. The van der Waals surface area contributed by atoms with E-state index in [-0.39, 0.29) is 19.1 Å². The highest BCUT2D eigenvalue weighted by molar-refractivity contribution is 6.07. The highest BCUT2D eigenvalue weighted by atomic mass is 16.6. The third-order valence-electron chi connectivity index (χ3n) is 4.43. The van der Waals surface area contributed by atoms with Crippen LogP contribution in [0.2, 0.25) is 0 Å². The molecule has 23 heavy (non-hydrogen) atoms. The van der Waals surface area contributed by atoms with E-state index >= 15 is 0 Å². The lowest BCUT2D eigenvalue weighted by Crippen LogP contribution is -2.43. The maximum absolute atomic E-state index is 12.6. The summed E-state index contributed by atoms with van der Waals surface area (Å²) in [7, 11) is 0. The summed E-state index contributed by atoms with van der Waals surface area (Å²) in [4.78, 5) is 26.5. The molecule has 0 aromatic heterocycles. The third-order valence-corrected chi connectivity index (χ3v) is 4.43. The number of carbonyl (C=O) groups excluding carboxylic acids is 2. The lowest BCUT2D eigenvalue weighted by Gasteiger charge is -2.28. The number of amides is 2. The van der Waals surface area contributed by atoms with Crippen LogP contribution in [0.15, 0.2) is 24.3 Å². The molecule has 2 atom stereocenters. The molecule has 0 radical (unpaired) electrons. The van der Waals surface area contributed by atoms with Crippen LogP contribution < -0.4 is 5.32 Å². The number of fused-ring (bicyclic) bond motifs is 2. The van der Waals surface area contributed by atoms with E-state index in [0.717, 1.165) is 11.3 Å². The van der Waals surface area contributed by atoms with E-state index in [1.54, 1.807) is 20.8 Å². The Labute approximate surface area is 135 Å². The van der Waals surface area contributed by atoms with E-state index in [1.807, 2.05) is 24.3 Å². The molecule has 3 rings (SSSR count). The minimum Gasteiger partial charge on any atom is -0.444 e. The fourth-order valence-electron chi connectivity index (χ4n) is 3.43. The van der Waals surface area contributed by atoms with Crippen molar-refractivity contribution in [1.29, 1.82) is 0 Å². The number of likely N-dealkylation sites (tertiary alicyclic amines) is 1. The average Bonchev–Trinajstić information content (AvgIpc) is 2.98. The van der Waals surface area contributed by atoms with Crippen molar-refractivity contribution in [2.45, 2.75) is 44.2 Å². The average molecular weight is 318 g/mol. The number of hydrogen-bond donors (Lipinski definition) is 2. The number of benzene rings is 1. The molecule has 0 aliphatic carbocycles. The second kappa shape index (κ2) is 5.23. The maximum Gasteiger partial charge on any atom is 0.410 e. The first kappa shape index (κ1) is 15.8. The molecule has 2 N–H and O–H groups in total. The first-order valence-electron chi connectivity index (χ1n) is 7.78. The number of nitrogens with zero attached hydrogens (tertiary/aromatic N) is 1. The Balaban J connectivity index is 1.93. The summed E-state index contributed by atoms with van der Waals surface area (Å²) < 4.78 is 5.42. The van der Waals surface area contributed by atoms with Crippen molar-refractivity contribution in [3.05, 3.63) is 29.8 Å². The van der Waals surface area contributed by atoms with Gasteiger partial charge in [-0.3, -0.25) is 4.79 Å². The molecule has 0 bridgehead atoms. The van der Waals surface area contributed by atoms with Crippen molar-refractivity contribution in [1.82, 2.24) is 4.90 Å². The molecule has 6 nitrogen and oxygen atoms in total. The normalized spacial score (nSPS) is 26.3. The zero-order valence-corrected chi connectivity index (χ0v) is 13.6. The molecule has 6 heteroatoms. The number of aliphatic hydroxyl groups excluding tert-OH is 1. The molecule has 1 aromatic rings. The SMILES string of the molecule is CC(C)(C)OC(=O)N1C[C@]2(C[C@@H]1CO)C(=O)Nc1ccccc12. The summed E-state index contributed by atoms with van der Waals surface area (Å²) in [6, 6.07) is 7.07. The van der Waals surface area contributed by atoms with Gasteiger partial charge in [-0.1, -0.05) is 18.2 Å². The molecule has 1 fully saturated rings. The Morgan fingerprint density at radius 1 is 1.43 bits per heavy atom. The first-order chi connectivity index (χ1) is 10.8. The quantitative estimate of drug-likeness (QED) is 0.828. The Bertz CT molecular complexity index is 652. The van der Waals surface area contributed by atoms with Gasteiger partial charge in [0, 0.05) is 12.2 Å². The van der Waals surface area contributed by atoms with E-state index in [9.17, 15) is 14.7 Å². The minimum absolute atomic E-state index is 0.122. The fraction of sp³-hybridized carbons (Fsp3) is 0.529. The van der Waals surface area contributed by atoms with Gasteiger partial charge in [-0.05, 0) is 38.8 Å². The molecular formula is C17H22N2O4. The summed E-state index contributed by atoms with van der Waals surface area (Å²) in [6.07, 6.45) is -0.100. The molecule has 2 amide bonds. The van der Waals surface area contributed by atoms with Gasteiger partial charge in [0.05, 0.1) is 18.1 Å². The fourth-order valence-corrected chi connectivity index (χ4v) is 3.43. The van der Waals surface area contributed by atoms with Gasteiger partial charge in [-0.2, -0.15) is 0 Å². The molecule has 2 aliphatic heterocycles. The molecule has 2 aliphatic rings. The standard InChI is InChI=1S/C17H22N2O4/c1-16(2,3)23-15(22)19-10-17(8-11(19)9-20)12-6-4-5-7-13(12)18-14(17)21/h4-7,11,20H,8-10H2,1-3H3,(H,18,21)/t11-,17+/m1/s1. The molecule has 124 valence electrons. The zero-order valence-electron chi connectivity index (χ0n) is 13.6. The zero-order chi connectivity index (χ0) is 16.8. The van der Waals surface area contributed by atoms with Gasteiger partial charge in [0.1, 0.15) is 5.60 Å². The van der Waals surface area contributed by atoms with Gasteiger partial charge >= 0.3 is 6.09 Å². The Hall–Kier alpha value is -2.08. The molecule has 0 saturated carbocycles. The molecule has 1 spiro atoms. The van der Waals surface area contributed by atoms with Gasteiger partial charge in [-0.15, -0.1) is 0 Å². The van der Waals surface area contributed by atoms with Crippen LogP contribution >= 0.6 is 0 Å². The number of para-hydroxylation sites is 1. The Morgan fingerprint density at radius 3 is 2.78 bits per heavy atom. The van der Waals surface area contributed by atoms with Gasteiger partial charge in [0.25, 0.3) is 0 Å². The number of hydrogen-bond acceptors (Lipinski definition) is 4. The number of rotatable bonds is 1. The topological polar surface area (TPSA) is 78.9 Å². The van der Waals surface area contributed by atoms with Gasteiger partial charge in [-0.25, -0.2) is 4.79 Å². The number of ether oxygens (including phenoxy) is 1. The number of nitrogens with one attached hydrogen (secondary N) is 1. The van der Waals surface area contributed by atoms with Crippen LogP contribution in [0.25, 0.3) is 0 Å². The maximum atomic E-state index is 12.6. The van der Waals surface area contributed by atoms with Gasteiger partial charge < -0.3 is 20.1 Å². The van der Waals surface area contributed by atoms with Crippen LogP contribution in [0, 0.1) is 0 Å². The highest BCUT2D eigenvalue weighted by Crippen LogP contribution is 2.46. The van der Waals surface area contributed by atoms with Gasteiger partial charge in [0.2, 0.25) is 5.91 Å². The van der Waals surface area contributed by atoms with E-state index in [2.05, 4.69) is 5.32 Å². The van der Waals surface area contributed by atoms with Crippen molar-refractivity contribution in [3.8, 4) is 0 Å². The third kappa shape index (κ3) is 2.57. The minimum atomic E-state index is -0.805. The van der Waals surface area contributed by atoms with Crippen LogP contribution in [-0.4, -0.2) is 46.8 Å². The monoisotopic (exact) mass is 318 g/mol. The smallest absolute Gasteiger partial charge is 0.410 e. The summed E-state index contributed by atoms with van der Waals surface area (Å²) in [5.41, 5.74) is 0.235. The molecule has 2 heterocycles. The lowest BCUT2D eigenvalue weighted by molar-refractivity contribution is -0.120. The van der Waals surface area contributed by atoms with Crippen molar-refractivity contribution in [3.63, 3.8) is 0 Å². The predicted octanol–water partition coefficient (Wildman–Crippen LogP) is 1.88. The summed E-state index contributed by atoms with van der Waals surface area (Å²) in [5.74, 6) is -0.122. The summed E-state index contributed by atoms with van der Waals surface area (Å²) >= 11 is 0. The van der Waals surface area contributed by atoms with E-state index in [1.165, 1.54) is 4.90 Å². The van der Waals surface area contributed by atoms with Crippen molar-refractivity contribution in [2.24, 2.45) is 0 Å².